The van der Waals surface area contributed by atoms with Crippen LogP contribution in [0.2, 0.25) is 5.02 Å². The maximum atomic E-state index is 11.7. The molecule has 1 amide bonds. The average molecular weight is 368 g/mol. The number of aromatic amines is 1. The van der Waals surface area contributed by atoms with Crippen LogP contribution in [-0.4, -0.2) is 29.8 Å². The number of hydrogen-bond acceptors (Lipinski definition) is 3. The van der Waals surface area contributed by atoms with Crippen molar-refractivity contribution in [3.63, 3.8) is 0 Å². The van der Waals surface area contributed by atoms with Crippen LogP contribution in [0.3, 0.4) is 0 Å². The Labute approximate surface area is 156 Å². The summed E-state index contributed by atoms with van der Waals surface area (Å²) >= 11 is 6.58. The zero-order valence-corrected chi connectivity index (χ0v) is 15.1. The Morgan fingerprint density at radius 1 is 1.23 bits per heavy atom. The Kier molecular flexibility index (Phi) is 4.49. The summed E-state index contributed by atoms with van der Waals surface area (Å²) in [7, 11) is 1.68. The minimum atomic E-state index is 0.0215. The van der Waals surface area contributed by atoms with Crippen molar-refractivity contribution in [1.82, 2.24) is 10.2 Å². The maximum absolute atomic E-state index is 11.7. The lowest BCUT2D eigenvalue weighted by Crippen LogP contribution is -2.03. The van der Waals surface area contributed by atoms with Crippen molar-refractivity contribution in [3.8, 4) is 22.3 Å². The first-order valence-corrected chi connectivity index (χ1v) is 8.78. The van der Waals surface area contributed by atoms with Gasteiger partial charge in [-0.2, -0.15) is 5.10 Å². The molecular formula is C20H18ClN3O2. The molecule has 0 unspecified atom stereocenters. The number of H-pyrrole nitrogens is 1. The molecule has 2 heterocycles. The van der Waals surface area contributed by atoms with Gasteiger partial charge in [-0.3, -0.25) is 9.89 Å². The van der Waals surface area contributed by atoms with E-state index in [-0.39, 0.29) is 5.91 Å². The van der Waals surface area contributed by atoms with E-state index in [1.165, 1.54) is 0 Å². The molecule has 1 aliphatic heterocycles. The number of nitrogens with zero attached hydrogens (tertiary/aromatic N) is 1. The molecular weight excluding hydrogens is 350 g/mol. The number of methoxy groups -OCH3 is 1. The van der Waals surface area contributed by atoms with Crippen LogP contribution in [0.1, 0.15) is 11.3 Å². The van der Waals surface area contributed by atoms with E-state index in [1.54, 1.807) is 7.11 Å². The van der Waals surface area contributed by atoms with Crippen molar-refractivity contribution in [2.75, 3.05) is 19.0 Å². The fraction of sp³-hybridized carbons (Fsp3) is 0.200. The van der Waals surface area contributed by atoms with Gasteiger partial charge in [0.05, 0.1) is 19.2 Å². The molecule has 132 valence electrons. The molecule has 26 heavy (non-hydrogen) atoms. The predicted molar refractivity (Wildman–Crippen MR) is 102 cm³/mol. The third-order valence-electron chi connectivity index (χ3n) is 4.60. The summed E-state index contributed by atoms with van der Waals surface area (Å²) in [4.78, 5) is 11.7. The van der Waals surface area contributed by atoms with Crippen LogP contribution in [-0.2, 0) is 22.4 Å². The topological polar surface area (TPSA) is 67.0 Å². The molecule has 0 aliphatic carbocycles. The number of anilines is 1. The summed E-state index contributed by atoms with van der Waals surface area (Å²) in [6.45, 7) is 0.609. The van der Waals surface area contributed by atoms with Crippen LogP contribution in [0.15, 0.2) is 42.6 Å². The second-order valence-corrected chi connectivity index (χ2v) is 6.67. The largest absolute Gasteiger partial charge is 0.384 e. The van der Waals surface area contributed by atoms with Crippen molar-refractivity contribution in [2.45, 2.75) is 12.8 Å². The van der Waals surface area contributed by atoms with Crippen molar-refractivity contribution in [3.05, 3.63) is 58.9 Å². The van der Waals surface area contributed by atoms with Gasteiger partial charge in [0.15, 0.2) is 0 Å². The molecule has 0 saturated carbocycles. The monoisotopic (exact) mass is 367 g/mol. The Morgan fingerprint density at radius 2 is 2.12 bits per heavy atom. The van der Waals surface area contributed by atoms with Crippen LogP contribution in [0.4, 0.5) is 5.69 Å². The lowest BCUT2D eigenvalue weighted by molar-refractivity contribution is -0.115. The van der Waals surface area contributed by atoms with E-state index in [0.717, 1.165) is 45.6 Å². The number of fused-ring (bicyclic) bond motifs is 1. The van der Waals surface area contributed by atoms with E-state index >= 15 is 0 Å². The summed E-state index contributed by atoms with van der Waals surface area (Å²) in [5.74, 6) is 0.0215. The molecule has 2 aromatic carbocycles. The van der Waals surface area contributed by atoms with E-state index in [2.05, 4.69) is 15.5 Å². The van der Waals surface area contributed by atoms with Crippen molar-refractivity contribution in [1.29, 1.82) is 0 Å². The van der Waals surface area contributed by atoms with Crippen LogP contribution < -0.4 is 5.32 Å². The highest BCUT2D eigenvalue weighted by molar-refractivity contribution is 6.34. The number of nitrogens with one attached hydrogen (secondary N) is 2. The molecule has 6 heteroatoms. The number of hydrogen-bond donors (Lipinski definition) is 2. The number of carbonyl (C=O) groups is 1. The Balaban J connectivity index is 1.83. The third kappa shape index (κ3) is 3.00. The Bertz CT molecular complexity index is 981. The number of carbonyl (C=O) groups excluding carboxylic acids is 1. The number of aromatic nitrogens is 2. The third-order valence-corrected chi connectivity index (χ3v) is 4.91. The van der Waals surface area contributed by atoms with E-state index in [9.17, 15) is 4.79 Å². The van der Waals surface area contributed by atoms with E-state index < -0.39 is 0 Å². The van der Waals surface area contributed by atoms with Gasteiger partial charge < -0.3 is 10.1 Å². The molecule has 3 aromatic rings. The summed E-state index contributed by atoms with van der Waals surface area (Å²) < 4.78 is 5.19. The normalized spacial score (nSPS) is 12.9. The molecule has 0 fully saturated rings. The molecule has 0 bridgehead atoms. The molecule has 5 nitrogen and oxygen atoms in total. The minimum Gasteiger partial charge on any atom is -0.384 e. The van der Waals surface area contributed by atoms with E-state index in [4.69, 9.17) is 16.3 Å². The Hall–Kier alpha value is -2.63. The van der Waals surface area contributed by atoms with Gasteiger partial charge in [0.25, 0.3) is 0 Å². The lowest BCUT2D eigenvalue weighted by atomic mass is 9.93. The SMILES string of the molecule is COCCc1[nH]ncc1-c1cccc(Cl)c1-c1ccc2c(c1)CC(=O)N2. The first-order chi connectivity index (χ1) is 12.7. The molecule has 1 aromatic heterocycles. The summed E-state index contributed by atoms with van der Waals surface area (Å²) in [5.41, 5.74) is 6.81. The van der Waals surface area contributed by atoms with Gasteiger partial charge in [0.1, 0.15) is 0 Å². The van der Waals surface area contributed by atoms with Gasteiger partial charge in [0.2, 0.25) is 5.91 Å². The van der Waals surface area contributed by atoms with Gasteiger partial charge in [-0.05, 0) is 34.9 Å². The van der Waals surface area contributed by atoms with Gasteiger partial charge >= 0.3 is 0 Å². The fourth-order valence-electron chi connectivity index (χ4n) is 3.37. The van der Waals surface area contributed by atoms with E-state index in [1.807, 2.05) is 42.6 Å². The first kappa shape index (κ1) is 16.8. The molecule has 0 radical (unpaired) electrons. The highest BCUT2D eigenvalue weighted by atomic mass is 35.5. The molecule has 0 spiro atoms. The predicted octanol–water partition coefficient (Wildman–Crippen LogP) is 4.08. The maximum Gasteiger partial charge on any atom is 0.228 e. The summed E-state index contributed by atoms with van der Waals surface area (Å²) in [6.07, 6.45) is 2.95. The quantitative estimate of drug-likeness (QED) is 0.714. The average Bonchev–Trinajstić information content (AvgIpc) is 3.24. The molecule has 4 rings (SSSR count). The van der Waals surface area contributed by atoms with Crippen molar-refractivity contribution < 1.29 is 9.53 Å². The smallest absolute Gasteiger partial charge is 0.228 e. The number of amides is 1. The van der Waals surface area contributed by atoms with E-state index in [0.29, 0.717) is 18.1 Å². The highest BCUT2D eigenvalue weighted by Gasteiger charge is 2.20. The Morgan fingerprint density at radius 3 is 2.96 bits per heavy atom. The molecule has 0 atom stereocenters. The summed E-state index contributed by atoms with van der Waals surface area (Å²) in [6, 6.07) is 11.8. The number of halogens is 1. The van der Waals surface area contributed by atoms with Crippen molar-refractivity contribution in [2.24, 2.45) is 0 Å². The summed E-state index contributed by atoms with van der Waals surface area (Å²) in [5, 5.41) is 10.8. The standard InChI is InChI=1S/C20H18ClN3O2/c1-26-8-7-18-15(11-22-24-18)14-3-2-4-16(21)20(14)12-5-6-17-13(9-12)10-19(25)23-17/h2-6,9,11H,7-8,10H2,1H3,(H,22,24)(H,23,25). The fourth-order valence-corrected chi connectivity index (χ4v) is 3.65. The molecule has 0 saturated heterocycles. The van der Waals surface area contributed by atoms with Crippen LogP contribution in [0, 0.1) is 0 Å². The van der Waals surface area contributed by atoms with Crippen molar-refractivity contribution >= 4 is 23.2 Å². The zero-order valence-electron chi connectivity index (χ0n) is 14.3. The second kappa shape index (κ2) is 6.94. The van der Waals surface area contributed by atoms with Gasteiger partial charge in [-0.1, -0.05) is 29.8 Å². The van der Waals surface area contributed by atoms with Gasteiger partial charge in [-0.25, -0.2) is 0 Å². The first-order valence-electron chi connectivity index (χ1n) is 8.40. The number of ether oxygens (including phenoxy) is 1. The second-order valence-electron chi connectivity index (χ2n) is 6.26. The lowest BCUT2D eigenvalue weighted by Gasteiger charge is -2.13. The minimum absolute atomic E-state index is 0.0215. The molecule has 2 N–H and O–H groups in total. The highest BCUT2D eigenvalue weighted by Crippen LogP contribution is 2.40. The zero-order chi connectivity index (χ0) is 18.1. The van der Waals surface area contributed by atoms with Gasteiger partial charge in [-0.15, -0.1) is 0 Å². The van der Waals surface area contributed by atoms with Crippen LogP contribution in [0.25, 0.3) is 22.3 Å². The van der Waals surface area contributed by atoms with Gasteiger partial charge in [0, 0.05) is 41.1 Å². The van der Waals surface area contributed by atoms with Crippen LogP contribution in [0.5, 0.6) is 0 Å². The molecule has 1 aliphatic rings. The number of rotatable bonds is 5. The van der Waals surface area contributed by atoms with Crippen LogP contribution >= 0.6 is 11.6 Å². The number of benzene rings is 2.